The standard InChI is InChI=1S/C5H5N.C2H3N.Ni/c1-2-4-6-5-3-1;1-2-3;/h1-5H;1H3;. The minimum Gasteiger partial charge on any atom is -0.265 e. The first-order chi connectivity index (χ1) is 4.41. The third kappa shape index (κ3) is 10.2. The van der Waals surface area contributed by atoms with Crippen LogP contribution in [-0.4, -0.2) is 4.98 Å². The van der Waals surface area contributed by atoms with Crippen molar-refractivity contribution in [3.63, 3.8) is 0 Å². The molecule has 0 amide bonds. The van der Waals surface area contributed by atoms with Crippen molar-refractivity contribution >= 4 is 0 Å². The van der Waals surface area contributed by atoms with Crippen LogP contribution in [0.25, 0.3) is 0 Å². The molecule has 0 spiro atoms. The second kappa shape index (κ2) is 11.0. The van der Waals surface area contributed by atoms with Crippen molar-refractivity contribution in [3.8, 4) is 6.07 Å². The number of rotatable bonds is 0. The van der Waals surface area contributed by atoms with Gasteiger partial charge in [-0.2, -0.15) is 5.26 Å². The van der Waals surface area contributed by atoms with Gasteiger partial charge < -0.3 is 0 Å². The van der Waals surface area contributed by atoms with Gasteiger partial charge in [-0.15, -0.1) is 0 Å². The zero-order valence-electron chi connectivity index (χ0n) is 5.60. The molecule has 0 bridgehead atoms. The SMILES string of the molecule is CC#N.[Ni].c1ccncc1. The van der Waals surface area contributed by atoms with Crippen molar-refractivity contribution in [3.05, 3.63) is 30.6 Å². The third-order valence-electron chi connectivity index (χ3n) is 0.566. The molecule has 3 heteroatoms. The van der Waals surface area contributed by atoms with Crippen molar-refractivity contribution in [2.45, 2.75) is 6.92 Å². The number of pyridine rings is 1. The Morgan fingerprint density at radius 2 is 1.60 bits per heavy atom. The summed E-state index contributed by atoms with van der Waals surface area (Å²) in [5.74, 6) is 0. The maximum atomic E-state index is 7.32. The molecule has 0 unspecified atom stereocenters. The zero-order valence-corrected chi connectivity index (χ0v) is 6.59. The summed E-state index contributed by atoms with van der Waals surface area (Å²) < 4.78 is 0. The van der Waals surface area contributed by atoms with Crippen LogP contribution in [0.1, 0.15) is 6.92 Å². The van der Waals surface area contributed by atoms with Crippen molar-refractivity contribution in [2.75, 3.05) is 0 Å². The first-order valence-corrected chi connectivity index (χ1v) is 2.57. The normalized spacial score (nSPS) is 5.60. The number of nitriles is 1. The molecule has 1 rings (SSSR count). The van der Waals surface area contributed by atoms with Crippen LogP contribution in [0, 0.1) is 11.3 Å². The van der Waals surface area contributed by atoms with Crippen LogP contribution in [-0.2, 0) is 16.5 Å². The van der Waals surface area contributed by atoms with Crippen LogP contribution in [0.15, 0.2) is 30.6 Å². The van der Waals surface area contributed by atoms with E-state index in [0.29, 0.717) is 0 Å². The van der Waals surface area contributed by atoms with Gasteiger partial charge >= 0.3 is 0 Å². The Hall–Kier alpha value is -0.866. The van der Waals surface area contributed by atoms with Crippen LogP contribution in [0.2, 0.25) is 0 Å². The second-order valence-electron chi connectivity index (χ2n) is 1.25. The summed E-state index contributed by atoms with van der Waals surface area (Å²) in [4.78, 5) is 3.78. The van der Waals surface area contributed by atoms with Gasteiger partial charge in [0.05, 0.1) is 6.07 Å². The minimum atomic E-state index is 0. The summed E-state index contributed by atoms with van der Waals surface area (Å²) in [6.45, 7) is 1.43. The van der Waals surface area contributed by atoms with Crippen molar-refractivity contribution in [1.82, 2.24) is 4.98 Å². The molecule has 0 N–H and O–H groups in total. The summed E-state index contributed by atoms with van der Waals surface area (Å²) in [5, 5.41) is 7.32. The number of aromatic nitrogens is 1. The maximum Gasteiger partial charge on any atom is 0.0587 e. The van der Waals surface area contributed by atoms with Crippen molar-refractivity contribution in [1.29, 1.82) is 5.26 Å². The molecule has 2 nitrogen and oxygen atoms in total. The largest absolute Gasteiger partial charge is 0.265 e. The molecule has 0 atom stereocenters. The van der Waals surface area contributed by atoms with E-state index in [2.05, 4.69) is 4.98 Å². The Balaban J connectivity index is 0. The van der Waals surface area contributed by atoms with E-state index in [0.717, 1.165) is 0 Å². The van der Waals surface area contributed by atoms with Crippen LogP contribution in [0.5, 0.6) is 0 Å². The van der Waals surface area contributed by atoms with E-state index >= 15 is 0 Å². The maximum absolute atomic E-state index is 7.32. The summed E-state index contributed by atoms with van der Waals surface area (Å²) in [5.41, 5.74) is 0. The summed E-state index contributed by atoms with van der Waals surface area (Å²) in [6.07, 6.45) is 3.50. The van der Waals surface area contributed by atoms with Gasteiger partial charge in [-0.05, 0) is 12.1 Å². The molecular weight excluding hydrogens is 171 g/mol. The zero-order chi connectivity index (χ0) is 6.95. The average Bonchev–Trinajstić information content (AvgIpc) is 1.93. The molecule has 0 fully saturated rings. The Morgan fingerprint density at radius 3 is 1.70 bits per heavy atom. The number of nitrogens with zero attached hydrogens (tertiary/aromatic N) is 2. The van der Waals surface area contributed by atoms with Gasteiger partial charge in [-0.3, -0.25) is 4.98 Å². The van der Waals surface area contributed by atoms with E-state index in [9.17, 15) is 0 Å². The van der Waals surface area contributed by atoms with E-state index in [-0.39, 0.29) is 16.5 Å². The van der Waals surface area contributed by atoms with Crippen LogP contribution >= 0.6 is 0 Å². The Labute approximate surface area is 70.8 Å². The van der Waals surface area contributed by atoms with E-state index in [1.807, 2.05) is 18.2 Å². The van der Waals surface area contributed by atoms with Gasteiger partial charge in [0.1, 0.15) is 0 Å². The molecule has 1 aromatic rings. The molecule has 0 saturated heterocycles. The Kier molecular flexibility index (Phi) is 13.1. The van der Waals surface area contributed by atoms with E-state index in [4.69, 9.17) is 5.26 Å². The molecule has 56 valence electrons. The second-order valence-corrected chi connectivity index (χ2v) is 1.25. The van der Waals surface area contributed by atoms with Crippen LogP contribution < -0.4 is 0 Å². The summed E-state index contributed by atoms with van der Waals surface area (Å²) in [7, 11) is 0. The van der Waals surface area contributed by atoms with E-state index in [1.54, 1.807) is 18.5 Å². The van der Waals surface area contributed by atoms with Gasteiger partial charge in [0.25, 0.3) is 0 Å². The van der Waals surface area contributed by atoms with Crippen LogP contribution in [0.3, 0.4) is 0 Å². The van der Waals surface area contributed by atoms with Gasteiger partial charge in [0, 0.05) is 35.8 Å². The van der Waals surface area contributed by atoms with Gasteiger partial charge in [-0.25, -0.2) is 0 Å². The summed E-state index contributed by atoms with van der Waals surface area (Å²) >= 11 is 0. The molecule has 0 aliphatic heterocycles. The first kappa shape index (κ1) is 11.9. The average molecular weight is 179 g/mol. The molecule has 1 aromatic heterocycles. The van der Waals surface area contributed by atoms with Crippen molar-refractivity contribution in [2.24, 2.45) is 0 Å². The molecule has 0 saturated carbocycles. The monoisotopic (exact) mass is 178 g/mol. The van der Waals surface area contributed by atoms with Gasteiger partial charge in [-0.1, -0.05) is 6.07 Å². The smallest absolute Gasteiger partial charge is 0.0587 e. The fraction of sp³-hybridized carbons (Fsp3) is 0.143. The molecule has 10 heavy (non-hydrogen) atoms. The van der Waals surface area contributed by atoms with Crippen LogP contribution in [0.4, 0.5) is 0 Å². The first-order valence-electron chi connectivity index (χ1n) is 2.57. The van der Waals surface area contributed by atoms with Gasteiger partial charge in [0.2, 0.25) is 0 Å². The van der Waals surface area contributed by atoms with Crippen molar-refractivity contribution < 1.29 is 16.5 Å². The fourth-order valence-electron chi connectivity index (χ4n) is 0.313. The summed E-state index contributed by atoms with van der Waals surface area (Å²) in [6, 6.07) is 7.47. The molecule has 0 aliphatic rings. The Bertz CT molecular complexity index is 142. The number of hydrogen-bond donors (Lipinski definition) is 0. The molecule has 0 radical (unpaired) electrons. The molecule has 1 heterocycles. The molecular formula is C7H8N2Ni. The van der Waals surface area contributed by atoms with Gasteiger partial charge in [0.15, 0.2) is 0 Å². The Morgan fingerprint density at radius 1 is 1.20 bits per heavy atom. The number of hydrogen-bond acceptors (Lipinski definition) is 2. The minimum absolute atomic E-state index is 0. The quantitative estimate of drug-likeness (QED) is 0.567. The topological polar surface area (TPSA) is 36.7 Å². The molecule has 0 aromatic carbocycles. The predicted octanol–water partition coefficient (Wildman–Crippen LogP) is 1.61. The van der Waals surface area contributed by atoms with E-state index < -0.39 is 0 Å². The molecule has 0 aliphatic carbocycles. The third-order valence-corrected chi connectivity index (χ3v) is 0.566. The fourth-order valence-corrected chi connectivity index (χ4v) is 0.313. The predicted molar refractivity (Wildman–Crippen MR) is 35.5 cm³/mol. The van der Waals surface area contributed by atoms with E-state index in [1.165, 1.54) is 6.92 Å².